The lowest BCUT2D eigenvalue weighted by Crippen LogP contribution is -2.59. The van der Waals surface area contributed by atoms with Crippen LogP contribution in [0.15, 0.2) is 84.6 Å². The number of rotatable bonds is 4. The van der Waals surface area contributed by atoms with Crippen molar-refractivity contribution in [3.63, 3.8) is 0 Å². The normalized spacial score (nSPS) is 21.2. The van der Waals surface area contributed by atoms with Crippen LogP contribution in [0.3, 0.4) is 0 Å². The molecule has 0 unspecified atom stereocenters. The summed E-state index contributed by atoms with van der Waals surface area (Å²) in [5, 5.41) is 2.61. The second-order valence-electron chi connectivity index (χ2n) is 5.99. The fourth-order valence-corrected chi connectivity index (χ4v) is 7.21. The van der Waals surface area contributed by atoms with E-state index in [0.29, 0.717) is 5.92 Å². The summed E-state index contributed by atoms with van der Waals surface area (Å²) in [6, 6.07) is 21.3. The third-order valence-corrected chi connectivity index (χ3v) is 8.32. The van der Waals surface area contributed by atoms with Gasteiger partial charge in [0.2, 0.25) is 0 Å². The third-order valence-electron chi connectivity index (χ3n) is 4.45. The zero-order valence-electron chi connectivity index (χ0n) is 13.2. The molecule has 0 saturated carbocycles. The van der Waals surface area contributed by atoms with E-state index in [2.05, 4.69) is 86.8 Å². The Morgan fingerprint density at radius 3 is 1.95 bits per heavy atom. The van der Waals surface area contributed by atoms with E-state index in [1.807, 2.05) is 6.08 Å². The Labute approximate surface area is 134 Å². The minimum absolute atomic E-state index is 0.129. The Balaban J connectivity index is 2.13. The lowest BCUT2D eigenvalue weighted by Gasteiger charge is -2.29. The molecule has 1 heterocycles. The highest BCUT2D eigenvalue weighted by molar-refractivity contribution is 7.01. The first-order valence-electron chi connectivity index (χ1n) is 7.78. The maximum Gasteiger partial charge on any atom is 0.281 e. The standard InChI is InChI=1S/C20H22OSi/c1-4-16(2)20-17(3)15-22(21-20,18-11-7-5-8-12-18)19-13-9-6-10-14-19/h4-16,20H,1H2,2-3H3/t16-,20+/m0/s1. The molecule has 2 aromatic rings. The van der Waals surface area contributed by atoms with Crippen LogP contribution in [0.25, 0.3) is 0 Å². The number of benzene rings is 2. The van der Waals surface area contributed by atoms with Crippen molar-refractivity contribution in [2.45, 2.75) is 20.0 Å². The molecule has 22 heavy (non-hydrogen) atoms. The lowest BCUT2D eigenvalue weighted by molar-refractivity contribution is 0.212. The van der Waals surface area contributed by atoms with E-state index in [4.69, 9.17) is 4.43 Å². The van der Waals surface area contributed by atoms with Crippen molar-refractivity contribution in [3.8, 4) is 0 Å². The van der Waals surface area contributed by atoms with Gasteiger partial charge in [-0.1, -0.05) is 84.9 Å². The summed E-state index contributed by atoms with van der Waals surface area (Å²) < 4.78 is 6.76. The van der Waals surface area contributed by atoms with Gasteiger partial charge in [-0.25, -0.2) is 0 Å². The fourth-order valence-electron chi connectivity index (χ4n) is 3.22. The van der Waals surface area contributed by atoms with Crippen LogP contribution < -0.4 is 10.4 Å². The van der Waals surface area contributed by atoms with Crippen LogP contribution in [0.4, 0.5) is 0 Å². The van der Waals surface area contributed by atoms with Gasteiger partial charge in [-0.2, -0.15) is 0 Å². The van der Waals surface area contributed by atoms with Gasteiger partial charge in [-0.3, -0.25) is 0 Å². The van der Waals surface area contributed by atoms with E-state index < -0.39 is 8.32 Å². The summed E-state index contributed by atoms with van der Waals surface area (Å²) in [5.41, 5.74) is 3.73. The van der Waals surface area contributed by atoms with Crippen LogP contribution in [0.2, 0.25) is 0 Å². The van der Waals surface area contributed by atoms with Gasteiger partial charge in [0.05, 0.1) is 6.10 Å². The van der Waals surface area contributed by atoms with Gasteiger partial charge in [-0.05, 0) is 17.3 Å². The minimum atomic E-state index is -2.30. The largest absolute Gasteiger partial charge is 0.397 e. The van der Waals surface area contributed by atoms with Crippen LogP contribution in [-0.4, -0.2) is 14.4 Å². The van der Waals surface area contributed by atoms with Crippen LogP contribution in [0, 0.1) is 5.92 Å². The van der Waals surface area contributed by atoms with Crippen LogP contribution in [-0.2, 0) is 4.43 Å². The van der Waals surface area contributed by atoms with Crippen molar-refractivity contribution in [2.24, 2.45) is 5.92 Å². The average Bonchev–Trinajstić information content (AvgIpc) is 2.94. The van der Waals surface area contributed by atoms with Gasteiger partial charge in [0.15, 0.2) is 0 Å². The van der Waals surface area contributed by atoms with Gasteiger partial charge in [0, 0.05) is 5.92 Å². The molecule has 0 aromatic heterocycles. The molecule has 0 aliphatic carbocycles. The molecule has 0 spiro atoms. The van der Waals surface area contributed by atoms with Crippen LogP contribution >= 0.6 is 0 Å². The average molecular weight is 306 g/mol. The molecule has 1 aliphatic rings. The van der Waals surface area contributed by atoms with Gasteiger partial charge in [-0.15, -0.1) is 6.58 Å². The van der Waals surface area contributed by atoms with E-state index >= 15 is 0 Å². The maximum absolute atomic E-state index is 6.76. The highest BCUT2D eigenvalue weighted by Crippen LogP contribution is 2.30. The summed E-state index contributed by atoms with van der Waals surface area (Å²) in [4.78, 5) is 0. The summed E-state index contributed by atoms with van der Waals surface area (Å²) >= 11 is 0. The predicted octanol–water partition coefficient (Wildman–Crippen LogP) is 3.45. The summed E-state index contributed by atoms with van der Waals surface area (Å²) in [7, 11) is -2.30. The minimum Gasteiger partial charge on any atom is -0.397 e. The van der Waals surface area contributed by atoms with E-state index in [0.717, 1.165) is 0 Å². The molecule has 3 rings (SSSR count). The first-order valence-corrected chi connectivity index (χ1v) is 9.77. The van der Waals surface area contributed by atoms with Crippen molar-refractivity contribution in [2.75, 3.05) is 0 Å². The van der Waals surface area contributed by atoms with Gasteiger partial charge < -0.3 is 4.43 Å². The molecule has 1 aliphatic heterocycles. The van der Waals surface area contributed by atoms with E-state index in [-0.39, 0.29) is 6.10 Å². The summed E-state index contributed by atoms with van der Waals surface area (Å²) in [6.45, 7) is 8.30. The molecule has 0 radical (unpaired) electrons. The predicted molar refractivity (Wildman–Crippen MR) is 95.9 cm³/mol. The van der Waals surface area contributed by atoms with E-state index in [1.165, 1.54) is 15.9 Å². The Morgan fingerprint density at radius 2 is 1.50 bits per heavy atom. The van der Waals surface area contributed by atoms with Crippen molar-refractivity contribution in [1.29, 1.82) is 0 Å². The zero-order chi connectivity index (χ0) is 15.6. The Morgan fingerprint density at radius 1 is 1.00 bits per heavy atom. The van der Waals surface area contributed by atoms with E-state index in [9.17, 15) is 0 Å². The molecule has 0 N–H and O–H groups in total. The molecule has 0 bridgehead atoms. The van der Waals surface area contributed by atoms with Crippen LogP contribution in [0.1, 0.15) is 13.8 Å². The Bertz CT molecular complexity index is 636. The monoisotopic (exact) mass is 306 g/mol. The number of hydrogen-bond acceptors (Lipinski definition) is 1. The molecule has 2 heteroatoms. The highest BCUT2D eigenvalue weighted by atomic mass is 28.4. The van der Waals surface area contributed by atoms with E-state index in [1.54, 1.807) is 0 Å². The summed E-state index contributed by atoms with van der Waals surface area (Å²) in [5.74, 6) is 0.318. The molecule has 1 nitrogen and oxygen atoms in total. The molecule has 2 atom stereocenters. The molecule has 0 saturated heterocycles. The van der Waals surface area contributed by atoms with Crippen molar-refractivity contribution in [1.82, 2.24) is 0 Å². The molecular weight excluding hydrogens is 284 g/mol. The zero-order valence-corrected chi connectivity index (χ0v) is 14.2. The quantitative estimate of drug-likeness (QED) is 0.621. The van der Waals surface area contributed by atoms with Crippen molar-refractivity contribution < 1.29 is 4.43 Å². The molecule has 0 fully saturated rings. The van der Waals surface area contributed by atoms with Gasteiger partial charge >= 0.3 is 0 Å². The van der Waals surface area contributed by atoms with Crippen molar-refractivity contribution >= 4 is 18.7 Å². The SMILES string of the molecule is C=C[C@H](C)[C@H]1O[Si](c2ccccc2)(c2ccccc2)C=C1C. The topological polar surface area (TPSA) is 9.23 Å². The van der Waals surface area contributed by atoms with Crippen LogP contribution in [0.5, 0.6) is 0 Å². The maximum atomic E-state index is 6.76. The lowest BCUT2D eigenvalue weighted by atomic mass is 10.0. The van der Waals surface area contributed by atoms with Crippen molar-refractivity contribution in [3.05, 3.63) is 84.6 Å². The smallest absolute Gasteiger partial charge is 0.281 e. The second-order valence-corrected chi connectivity index (χ2v) is 9.14. The molecular formula is C20H22OSi. The Kier molecular flexibility index (Phi) is 4.14. The molecule has 0 amide bonds. The summed E-state index contributed by atoms with van der Waals surface area (Å²) in [6.07, 6.45) is 2.12. The molecule has 112 valence electrons. The second kappa shape index (κ2) is 6.07. The Hall–Kier alpha value is -1.90. The molecule has 2 aromatic carbocycles. The third kappa shape index (κ3) is 2.49. The number of hydrogen-bond donors (Lipinski definition) is 0. The fraction of sp³-hybridized carbons (Fsp3) is 0.200. The first kappa shape index (κ1) is 15.0. The van der Waals surface area contributed by atoms with Gasteiger partial charge in [0.1, 0.15) is 0 Å². The highest BCUT2D eigenvalue weighted by Gasteiger charge is 2.45. The first-order chi connectivity index (χ1) is 10.7. The van der Waals surface area contributed by atoms with Gasteiger partial charge in [0.25, 0.3) is 8.32 Å².